The molecule has 1 heterocycles. The first kappa shape index (κ1) is 13.7. The summed E-state index contributed by atoms with van der Waals surface area (Å²) in [6.45, 7) is 2.17. The van der Waals surface area contributed by atoms with Crippen LogP contribution in [-0.4, -0.2) is 4.98 Å². The number of thiazole rings is 1. The van der Waals surface area contributed by atoms with Crippen molar-refractivity contribution in [1.29, 1.82) is 0 Å². The van der Waals surface area contributed by atoms with E-state index in [9.17, 15) is 0 Å². The molecule has 0 aliphatic carbocycles. The van der Waals surface area contributed by atoms with Crippen LogP contribution in [0.3, 0.4) is 0 Å². The van der Waals surface area contributed by atoms with Crippen molar-refractivity contribution in [2.24, 2.45) is 0 Å². The molecule has 0 aliphatic rings. The molecular weight excluding hydrogens is 284 g/mol. The third kappa shape index (κ3) is 3.64. The maximum Gasteiger partial charge on any atom is 0.0928 e. The fraction of sp³-hybridized carbons (Fsp3) is 0.308. The summed E-state index contributed by atoms with van der Waals surface area (Å²) in [5.41, 5.74) is 7.78. The van der Waals surface area contributed by atoms with E-state index in [2.05, 4.69) is 17.3 Å². The Morgan fingerprint density at radius 3 is 3.00 bits per heavy atom. The Morgan fingerprint density at radius 1 is 1.44 bits per heavy atom. The minimum atomic E-state index is 0.677. The second-order valence-electron chi connectivity index (χ2n) is 3.95. The Balaban J connectivity index is 1.97. The van der Waals surface area contributed by atoms with Gasteiger partial charge in [0.05, 0.1) is 10.7 Å². The van der Waals surface area contributed by atoms with E-state index in [0.29, 0.717) is 5.02 Å². The number of rotatable bonds is 5. The number of nitrogens with two attached hydrogens (primary N) is 1. The van der Waals surface area contributed by atoms with E-state index < -0.39 is 0 Å². The fourth-order valence-electron chi connectivity index (χ4n) is 1.55. The van der Waals surface area contributed by atoms with Crippen molar-refractivity contribution in [1.82, 2.24) is 4.98 Å². The Labute approximate surface area is 121 Å². The number of halogens is 1. The number of aryl methyl sites for hydroxylation is 1. The van der Waals surface area contributed by atoms with E-state index in [0.717, 1.165) is 34.9 Å². The highest BCUT2D eigenvalue weighted by Crippen LogP contribution is 2.30. The fourth-order valence-corrected chi connectivity index (χ4v) is 3.57. The van der Waals surface area contributed by atoms with Crippen molar-refractivity contribution in [3.63, 3.8) is 0 Å². The summed E-state index contributed by atoms with van der Waals surface area (Å²) < 4.78 is 0. The number of anilines is 1. The maximum atomic E-state index is 5.92. The van der Waals surface area contributed by atoms with Crippen molar-refractivity contribution < 1.29 is 0 Å². The molecule has 2 rings (SSSR count). The van der Waals surface area contributed by atoms with Crippen molar-refractivity contribution >= 4 is 40.4 Å². The molecule has 1 aromatic heterocycles. The molecule has 0 saturated carbocycles. The van der Waals surface area contributed by atoms with Crippen LogP contribution < -0.4 is 5.73 Å². The first-order chi connectivity index (χ1) is 8.69. The molecule has 0 aliphatic heterocycles. The number of hydrogen-bond donors (Lipinski definition) is 1. The number of nitrogen functional groups attached to an aromatic ring is 1. The standard InChI is InChI=1S/C13H15ClN2S2/c1-2-3-13-16-10(8-18-13)7-17-12-5-4-9(14)6-11(12)15/h4-6,8H,2-3,7,15H2,1H3. The zero-order valence-corrected chi connectivity index (χ0v) is 12.5. The molecule has 2 nitrogen and oxygen atoms in total. The highest BCUT2D eigenvalue weighted by molar-refractivity contribution is 7.98. The van der Waals surface area contributed by atoms with Gasteiger partial charge in [0.2, 0.25) is 0 Å². The Kier molecular flexibility index (Phi) is 4.92. The highest BCUT2D eigenvalue weighted by Gasteiger charge is 2.05. The van der Waals surface area contributed by atoms with Crippen LogP contribution in [0.4, 0.5) is 5.69 Å². The van der Waals surface area contributed by atoms with Gasteiger partial charge in [-0.25, -0.2) is 4.98 Å². The predicted molar refractivity (Wildman–Crippen MR) is 81.5 cm³/mol. The summed E-state index contributed by atoms with van der Waals surface area (Å²) in [5, 5.41) is 4.03. The van der Waals surface area contributed by atoms with Crippen LogP contribution in [0, 0.1) is 0 Å². The molecule has 1 aromatic carbocycles. The van der Waals surface area contributed by atoms with E-state index in [1.165, 1.54) is 5.01 Å². The molecule has 5 heteroatoms. The van der Waals surface area contributed by atoms with Crippen molar-refractivity contribution in [3.05, 3.63) is 39.3 Å². The minimum absolute atomic E-state index is 0.677. The van der Waals surface area contributed by atoms with Crippen LogP contribution >= 0.6 is 34.7 Å². The summed E-state index contributed by atoms with van der Waals surface area (Å²) in [7, 11) is 0. The summed E-state index contributed by atoms with van der Waals surface area (Å²) in [6, 6.07) is 5.61. The van der Waals surface area contributed by atoms with Gasteiger partial charge < -0.3 is 5.73 Å². The van der Waals surface area contributed by atoms with Gasteiger partial charge >= 0.3 is 0 Å². The molecule has 2 N–H and O–H groups in total. The van der Waals surface area contributed by atoms with Gasteiger partial charge in [-0.15, -0.1) is 23.1 Å². The Morgan fingerprint density at radius 2 is 2.28 bits per heavy atom. The summed E-state index contributed by atoms with van der Waals surface area (Å²) in [5.74, 6) is 0.853. The molecule has 96 valence electrons. The first-order valence-corrected chi connectivity index (χ1v) is 8.04. The van der Waals surface area contributed by atoms with Gasteiger partial charge in [-0.3, -0.25) is 0 Å². The van der Waals surface area contributed by atoms with Crippen LogP contribution in [0.25, 0.3) is 0 Å². The summed E-state index contributed by atoms with van der Waals surface area (Å²) in [4.78, 5) is 5.65. The molecular formula is C13H15ClN2S2. The molecule has 0 radical (unpaired) electrons. The Hall–Kier alpha value is -0.710. The molecule has 0 unspecified atom stereocenters. The number of thioether (sulfide) groups is 1. The average Bonchev–Trinajstić information content (AvgIpc) is 2.76. The van der Waals surface area contributed by atoms with Gasteiger partial charge in [0.1, 0.15) is 0 Å². The van der Waals surface area contributed by atoms with Gasteiger partial charge in [0.15, 0.2) is 0 Å². The molecule has 0 amide bonds. The monoisotopic (exact) mass is 298 g/mol. The van der Waals surface area contributed by atoms with Crippen LogP contribution in [0.15, 0.2) is 28.5 Å². The quantitative estimate of drug-likeness (QED) is 0.646. The SMILES string of the molecule is CCCc1nc(CSc2ccc(Cl)cc2N)cs1. The zero-order chi connectivity index (χ0) is 13.0. The second-order valence-corrected chi connectivity index (χ2v) is 6.35. The lowest BCUT2D eigenvalue weighted by atomic mass is 10.3. The minimum Gasteiger partial charge on any atom is -0.398 e. The van der Waals surface area contributed by atoms with Crippen molar-refractivity contribution in [2.45, 2.75) is 30.4 Å². The maximum absolute atomic E-state index is 5.92. The molecule has 0 bridgehead atoms. The molecule has 18 heavy (non-hydrogen) atoms. The van der Waals surface area contributed by atoms with Crippen molar-refractivity contribution in [3.8, 4) is 0 Å². The van der Waals surface area contributed by atoms with Crippen LogP contribution in [0.1, 0.15) is 24.0 Å². The summed E-state index contributed by atoms with van der Waals surface area (Å²) >= 11 is 9.31. The molecule has 2 aromatic rings. The third-order valence-corrected chi connectivity index (χ3v) is 4.73. The third-order valence-electron chi connectivity index (χ3n) is 2.41. The highest BCUT2D eigenvalue weighted by atomic mass is 35.5. The van der Waals surface area contributed by atoms with E-state index in [1.54, 1.807) is 29.2 Å². The lowest BCUT2D eigenvalue weighted by Crippen LogP contribution is -1.89. The lowest BCUT2D eigenvalue weighted by Gasteiger charge is -2.04. The van der Waals surface area contributed by atoms with Crippen LogP contribution in [0.5, 0.6) is 0 Å². The number of nitrogens with zero attached hydrogens (tertiary/aromatic N) is 1. The van der Waals surface area contributed by atoms with Gasteiger partial charge in [0.25, 0.3) is 0 Å². The van der Waals surface area contributed by atoms with Gasteiger partial charge in [-0.05, 0) is 31.0 Å². The van der Waals surface area contributed by atoms with Gasteiger partial charge in [-0.2, -0.15) is 0 Å². The van der Waals surface area contributed by atoms with Crippen molar-refractivity contribution in [2.75, 3.05) is 5.73 Å². The topological polar surface area (TPSA) is 38.9 Å². The second kappa shape index (κ2) is 6.45. The first-order valence-electron chi connectivity index (χ1n) is 5.80. The summed E-state index contributed by atoms with van der Waals surface area (Å²) in [6.07, 6.45) is 2.21. The smallest absolute Gasteiger partial charge is 0.0928 e. The predicted octanol–water partition coefficient (Wildman–Crippen LogP) is 4.62. The van der Waals surface area contributed by atoms with Gasteiger partial charge in [-0.1, -0.05) is 18.5 Å². The number of benzene rings is 1. The van der Waals surface area contributed by atoms with E-state index in [4.69, 9.17) is 17.3 Å². The number of aromatic nitrogens is 1. The molecule has 0 fully saturated rings. The van der Waals surface area contributed by atoms with Gasteiger partial charge in [0, 0.05) is 26.7 Å². The number of hydrogen-bond acceptors (Lipinski definition) is 4. The average molecular weight is 299 g/mol. The molecule has 0 spiro atoms. The van der Waals surface area contributed by atoms with E-state index in [1.807, 2.05) is 12.1 Å². The largest absolute Gasteiger partial charge is 0.398 e. The molecule has 0 atom stereocenters. The molecule has 0 saturated heterocycles. The Bertz CT molecular complexity index is 525. The van der Waals surface area contributed by atoms with Crippen LogP contribution in [0.2, 0.25) is 5.02 Å². The zero-order valence-electron chi connectivity index (χ0n) is 10.1. The lowest BCUT2D eigenvalue weighted by molar-refractivity contribution is 0.902. The van der Waals surface area contributed by atoms with Crippen LogP contribution in [-0.2, 0) is 12.2 Å². The normalized spacial score (nSPS) is 10.8. The van der Waals surface area contributed by atoms with E-state index in [-0.39, 0.29) is 0 Å². The van der Waals surface area contributed by atoms with E-state index >= 15 is 0 Å².